The number of benzene rings is 2. The summed E-state index contributed by atoms with van der Waals surface area (Å²) >= 11 is 0. The first-order valence-electron chi connectivity index (χ1n) is 11.0. The van der Waals surface area contributed by atoms with Gasteiger partial charge < -0.3 is 20.5 Å². The third-order valence-corrected chi connectivity index (χ3v) is 5.75. The molecule has 0 saturated carbocycles. The molecule has 2 heterocycles. The van der Waals surface area contributed by atoms with Crippen LogP contribution in [0, 0.1) is 0 Å². The number of nitrogens with one attached hydrogen (secondary N) is 3. The number of imidazole rings is 1. The third-order valence-electron chi connectivity index (χ3n) is 5.75. The minimum atomic E-state index is -0.277. The van der Waals surface area contributed by atoms with Gasteiger partial charge in [-0.3, -0.25) is 4.79 Å². The molecule has 0 spiro atoms. The van der Waals surface area contributed by atoms with E-state index in [2.05, 4.69) is 20.6 Å². The van der Waals surface area contributed by atoms with E-state index in [9.17, 15) is 9.59 Å². The van der Waals surface area contributed by atoms with E-state index in [0.717, 1.165) is 54.4 Å². The molecule has 1 aliphatic rings. The van der Waals surface area contributed by atoms with Gasteiger partial charge in [0.25, 0.3) is 0 Å². The van der Waals surface area contributed by atoms with Crippen LogP contribution >= 0.6 is 0 Å². The molecule has 1 saturated heterocycles. The van der Waals surface area contributed by atoms with Crippen molar-refractivity contribution in [3.05, 3.63) is 66.0 Å². The standard InChI is InChI=1S/C24H29N5O2/c30-22-10-5-2-6-14-29(22)15-7-13-25-24(31)28-23(18-8-3-1-4-9-18)19-11-12-20-21(16-19)27-17-26-20/h1,3-4,8-9,11-12,16-17,23H,2,5-7,10,13-15H2,(H,26,27)(H2,25,28,31)/t23-/m1/s1. The number of aromatic amines is 1. The number of H-pyrrole nitrogens is 1. The summed E-state index contributed by atoms with van der Waals surface area (Å²) in [5.41, 5.74) is 3.81. The van der Waals surface area contributed by atoms with Crippen molar-refractivity contribution in [2.75, 3.05) is 19.6 Å². The van der Waals surface area contributed by atoms with Crippen LogP contribution in [0.4, 0.5) is 4.79 Å². The zero-order valence-corrected chi connectivity index (χ0v) is 17.6. The van der Waals surface area contributed by atoms with Crippen molar-refractivity contribution >= 4 is 23.0 Å². The molecule has 1 fully saturated rings. The fraction of sp³-hybridized carbons (Fsp3) is 0.375. The Hall–Kier alpha value is -3.35. The van der Waals surface area contributed by atoms with Crippen molar-refractivity contribution in [2.24, 2.45) is 0 Å². The van der Waals surface area contributed by atoms with E-state index in [1.165, 1.54) is 0 Å². The second-order valence-electron chi connectivity index (χ2n) is 7.97. The van der Waals surface area contributed by atoms with Crippen molar-refractivity contribution < 1.29 is 9.59 Å². The highest BCUT2D eigenvalue weighted by atomic mass is 16.2. The molecule has 3 N–H and O–H groups in total. The van der Waals surface area contributed by atoms with Gasteiger partial charge in [-0.2, -0.15) is 0 Å². The SMILES string of the molecule is O=C(NCCCN1CCCCCC1=O)N[C@H](c1ccccc1)c1ccc2nc[nH]c2c1. The van der Waals surface area contributed by atoms with Crippen molar-refractivity contribution in [3.8, 4) is 0 Å². The van der Waals surface area contributed by atoms with Crippen LogP contribution in [0.5, 0.6) is 0 Å². The van der Waals surface area contributed by atoms with Crippen LogP contribution in [0.15, 0.2) is 54.9 Å². The topological polar surface area (TPSA) is 90.1 Å². The molecular formula is C24H29N5O2. The largest absolute Gasteiger partial charge is 0.345 e. The molecule has 2 aromatic carbocycles. The zero-order valence-electron chi connectivity index (χ0n) is 17.6. The molecule has 0 unspecified atom stereocenters. The van der Waals surface area contributed by atoms with Gasteiger partial charge in [0.05, 0.1) is 23.4 Å². The van der Waals surface area contributed by atoms with Crippen LogP contribution < -0.4 is 10.6 Å². The predicted molar refractivity (Wildman–Crippen MR) is 121 cm³/mol. The van der Waals surface area contributed by atoms with Gasteiger partial charge in [-0.15, -0.1) is 0 Å². The highest BCUT2D eigenvalue weighted by Crippen LogP contribution is 2.24. The van der Waals surface area contributed by atoms with Gasteiger partial charge >= 0.3 is 6.03 Å². The maximum absolute atomic E-state index is 12.7. The molecule has 1 aromatic heterocycles. The second-order valence-corrected chi connectivity index (χ2v) is 7.97. The van der Waals surface area contributed by atoms with Crippen LogP contribution in [0.3, 0.4) is 0 Å². The highest BCUT2D eigenvalue weighted by molar-refractivity contribution is 5.78. The summed E-state index contributed by atoms with van der Waals surface area (Å²) in [4.78, 5) is 34.1. The number of likely N-dealkylation sites (tertiary alicyclic amines) is 1. The quantitative estimate of drug-likeness (QED) is 0.510. The van der Waals surface area contributed by atoms with Gasteiger partial charge in [0.1, 0.15) is 0 Å². The highest BCUT2D eigenvalue weighted by Gasteiger charge is 2.18. The number of amides is 3. The first-order chi connectivity index (χ1) is 15.2. The van der Waals surface area contributed by atoms with E-state index in [-0.39, 0.29) is 18.0 Å². The lowest BCUT2D eigenvalue weighted by Gasteiger charge is -2.22. The average Bonchev–Trinajstić information content (AvgIpc) is 3.17. The Labute approximate surface area is 182 Å². The number of aromatic nitrogens is 2. The predicted octanol–water partition coefficient (Wildman–Crippen LogP) is 3.74. The van der Waals surface area contributed by atoms with Gasteiger partial charge in [0.15, 0.2) is 0 Å². The van der Waals surface area contributed by atoms with Gasteiger partial charge in [0.2, 0.25) is 5.91 Å². The van der Waals surface area contributed by atoms with Crippen LogP contribution in [0.25, 0.3) is 11.0 Å². The van der Waals surface area contributed by atoms with Crippen LogP contribution in [-0.2, 0) is 4.79 Å². The van der Waals surface area contributed by atoms with Crippen LogP contribution in [0.2, 0.25) is 0 Å². The lowest BCUT2D eigenvalue weighted by molar-refractivity contribution is -0.130. The van der Waals surface area contributed by atoms with Crippen molar-refractivity contribution in [1.29, 1.82) is 0 Å². The lowest BCUT2D eigenvalue weighted by Crippen LogP contribution is -2.40. The smallest absolute Gasteiger partial charge is 0.315 e. The van der Waals surface area contributed by atoms with Gasteiger partial charge in [-0.05, 0) is 42.5 Å². The Morgan fingerprint density at radius 1 is 1.10 bits per heavy atom. The molecule has 7 heteroatoms. The molecule has 3 amide bonds. The Kier molecular flexibility index (Phi) is 6.82. The average molecular weight is 420 g/mol. The number of fused-ring (bicyclic) bond motifs is 1. The van der Waals surface area contributed by atoms with Crippen LogP contribution in [-0.4, -0.2) is 46.4 Å². The molecule has 0 radical (unpaired) electrons. The van der Waals surface area contributed by atoms with Crippen molar-refractivity contribution in [3.63, 3.8) is 0 Å². The summed E-state index contributed by atoms with van der Waals surface area (Å²) in [7, 11) is 0. The van der Waals surface area contributed by atoms with Gasteiger partial charge in [-0.1, -0.05) is 42.8 Å². The molecule has 1 aliphatic heterocycles. The summed E-state index contributed by atoms with van der Waals surface area (Å²) in [5.74, 6) is 0.236. The molecule has 7 nitrogen and oxygen atoms in total. The monoisotopic (exact) mass is 419 g/mol. The molecule has 4 rings (SSSR count). The molecular weight excluding hydrogens is 390 g/mol. The normalized spacial score (nSPS) is 15.5. The maximum Gasteiger partial charge on any atom is 0.315 e. The molecule has 3 aromatic rings. The first kappa shape index (κ1) is 20.9. The molecule has 1 atom stereocenters. The number of urea groups is 1. The third kappa shape index (κ3) is 5.42. The summed E-state index contributed by atoms with van der Waals surface area (Å²) in [6.45, 7) is 2.05. The van der Waals surface area contributed by atoms with Crippen LogP contribution in [0.1, 0.15) is 49.3 Å². The zero-order chi connectivity index (χ0) is 21.5. The number of carbonyl (C=O) groups is 2. The molecule has 31 heavy (non-hydrogen) atoms. The fourth-order valence-corrected chi connectivity index (χ4v) is 4.07. The van der Waals surface area contributed by atoms with E-state index in [1.807, 2.05) is 53.4 Å². The van der Waals surface area contributed by atoms with Gasteiger partial charge in [0, 0.05) is 26.1 Å². The van der Waals surface area contributed by atoms with Crippen molar-refractivity contribution in [1.82, 2.24) is 25.5 Å². The number of hydrogen-bond donors (Lipinski definition) is 3. The summed E-state index contributed by atoms with van der Waals surface area (Å²) in [5, 5.41) is 6.05. The number of nitrogens with zero attached hydrogens (tertiary/aromatic N) is 2. The fourth-order valence-electron chi connectivity index (χ4n) is 4.07. The Morgan fingerprint density at radius 3 is 2.84 bits per heavy atom. The van der Waals surface area contributed by atoms with E-state index in [4.69, 9.17) is 0 Å². The summed E-state index contributed by atoms with van der Waals surface area (Å²) in [6, 6.07) is 15.4. The Bertz CT molecular complexity index is 1020. The maximum atomic E-state index is 12.7. The molecule has 0 aliphatic carbocycles. The summed E-state index contributed by atoms with van der Waals surface area (Å²) in [6.07, 6.45) is 6.23. The Balaban J connectivity index is 1.36. The minimum Gasteiger partial charge on any atom is -0.345 e. The molecule has 0 bridgehead atoms. The Morgan fingerprint density at radius 2 is 1.97 bits per heavy atom. The summed E-state index contributed by atoms with van der Waals surface area (Å²) < 4.78 is 0. The second kappa shape index (κ2) is 10.1. The minimum absolute atomic E-state index is 0.222. The number of carbonyl (C=O) groups excluding carboxylic acids is 2. The van der Waals surface area contributed by atoms with Gasteiger partial charge in [-0.25, -0.2) is 9.78 Å². The number of hydrogen-bond acceptors (Lipinski definition) is 3. The van der Waals surface area contributed by atoms with E-state index in [1.54, 1.807) is 6.33 Å². The van der Waals surface area contributed by atoms with E-state index in [0.29, 0.717) is 19.5 Å². The van der Waals surface area contributed by atoms with E-state index >= 15 is 0 Å². The van der Waals surface area contributed by atoms with Crippen molar-refractivity contribution in [2.45, 2.75) is 38.1 Å². The number of rotatable bonds is 7. The van der Waals surface area contributed by atoms with E-state index < -0.39 is 0 Å². The molecule has 162 valence electrons. The first-order valence-corrected chi connectivity index (χ1v) is 11.0. The lowest BCUT2D eigenvalue weighted by atomic mass is 9.98.